The van der Waals surface area contributed by atoms with E-state index in [1.165, 1.54) is 0 Å². The van der Waals surface area contributed by atoms with Crippen molar-refractivity contribution in [3.63, 3.8) is 0 Å². The van der Waals surface area contributed by atoms with Crippen LogP contribution in [-0.2, 0) is 17.6 Å². The Morgan fingerprint density at radius 1 is 1.00 bits per heavy atom. The van der Waals surface area contributed by atoms with Crippen molar-refractivity contribution in [2.75, 3.05) is 6.79 Å². The van der Waals surface area contributed by atoms with E-state index >= 15 is 0 Å². The van der Waals surface area contributed by atoms with Crippen LogP contribution < -0.4 is 19.8 Å². The highest BCUT2D eigenvalue weighted by atomic mass is 16.7. The summed E-state index contributed by atoms with van der Waals surface area (Å²) in [5, 5.41) is 0.775. The molecule has 0 unspecified atom stereocenters. The fourth-order valence-electron chi connectivity index (χ4n) is 4.92. The lowest BCUT2D eigenvalue weighted by Gasteiger charge is -2.28. The van der Waals surface area contributed by atoms with Gasteiger partial charge in [-0.25, -0.2) is 4.79 Å². The van der Waals surface area contributed by atoms with Crippen molar-refractivity contribution in [2.45, 2.75) is 38.5 Å². The average Bonchev–Trinajstić information content (AvgIpc) is 3.36. The molecule has 146 valence electrons. The third-order valence-corrected chi connectivity index (χ3v) is 6.19. The Bertz CT molecular complexity index is 1270. The second-order valence-corrected chi connectivity index (χ2v) is 7.85. The van der Waals surface area contributed by atoms with Crippen molar-refractivity contribution in [2.24, 2.45) is 0 Å². The minimum atomic E-state index is -0.287. The molecular weight excluding hydrogens is 372 g/mol. The molecule has 0 saturated carbocycles. The Hall–Kier alpha value is -3.28. The minimum Gasteiger partial charge on any atom is -0.454 e. The molecular formula is C23H18O6. The minimum absolute atomic E-state index is 0.158. The van der Waals surface area contributed by atoms with Crippen molar-refractivity contribution in [3.8, 4) is 17.2 Å². The van der Waals surface area contributed by atoms with Crippen molar-refractivity contribution >= 4 is 16.9 Å². The van der Waals surface area contributed by atoms with E-state index in [0.717, 1.165) is 40.5 Å². The Morgan fingerprint density at radius 2 is 1.83 bits per heavy atom. The highest BCUT2D eigenvalue weighted by molar-refractivity contribution is 5.95. The molecule has 0 fully saturated rings. The lowest BCUT2D eigenvalue weighted by molar-refractivity contribution is -0.135. The largest absolute Gasteiger partial charge is 0.454 e. The normalized spacial score (nSPS) is 19.2. The van der Waals surface area contributed by atoms with E-state index in [9.17, 15) is 9.59 Å². The van der Waals surface area contributed by atoms with Gasteiger partial charge in [-0.3, -0.25) is 4.79 Å². The number of hydrogen-bond acceptors (Lipinski definition) is 6. The lowest BCUT2D eigenvalue weighted by Crippen LogP contribution is -2.23. The van der Waals surface area contributed by atoms with Crippen LogP contribution in [0.4, 0.5) is 0 Å². The van der Waals surface area contributed by atoms with Gasteiger partial charge >= 0.3 is 11.6 Å². The van der Waals surface area contributed by atoms with Gasteiger partial charge in [-0.05, 0) is 61.1 Å². The average molecular weight is 390 g/mol. The quantitative estimate of drug-likeness (QED) is 0.358. The van der Waals surface area contributed by atoms with Gasteiger partial charge in [-0.2, -0.15) is 0 Å². The van der Waals surface area contributed by atoms with Crippen LogP contribution in [0.3, 0.4) is 0 Å². The number of esters is 1. The molecule has 29 heavy (non-hydrogen) atoms. The van der Waals surface area contributed by atoms with Gasteiger partial charge in [0, 0.05) is 17.0 Å². The van der Waals surface area contributed by atoms with Crippen LogP contribution in [0.1, 0.15) is 46.6 Å². The van der Waals surface area contributed by atoms with E-state index in [4.69, 9.17) is 18.6 Å². The molecule has 0 amide bonds. The van der Waals surface area contributed by atoms with Gasteiger partial charge in [0.1, 0.15) is 11.3 Å². The predicted octanol–water partition coefficient (Wildman–Crippen LogP) is 3.76. The molecule has 2 aromatic carbocycles. The highest BCUT2D eigenvalue weighted by Gasteiger charge is 2.35. The maximum atomic E-state index is 12.6. The number of aryl methyl sites for hydroxylation is 2. The summed E-state index contributed by atoms with van der Waals surface area (Å²) in [6.07, 6.45) is 2.65. The van der Waals surface area contributed by atoms with Gasteiger partial charge in [0.2, 0.25) is 6.79 Å². The maximum Gasteiger partial charge on any atom is 0.339 e. The Kier molecular flexibility index (Phi) is 3.37. The molecule has 0 radical (unpaired) electrons. The Labute approximate surface area is 166 Å². The first-order valence-corrected chi connectivity index (χ1v) is 9.82. The molecule has 3 aromatic rings. The molecule has 6 rings (SSSR count). The van der Waals surface area contributed by atoms with Crippen LogP contribution >= 0.6 is 0 Å². The van der Waals surface area contributed by atoms with Crippen LogP contribution in [0.5, 0.6) is 17.2 Å². The van der Waals surface area contributed by atoms with Crippen LogP contribution in [0.15, 0.2) is 33.5 Å². The van der Waals surface area contributed by atoms with E-state index in [-0.39, 0.29) is 30.7 Å². The lowest BCUT2D eigenvalue weighted by atomic mass is 9.82. The standard InChI is InChI=1S/C23H18O6/c1-11-7-18-21(13-3-2-4-14(13)23(25)28-18)22-20(11)15(9-19(24)29-22)12-5-6-16-17(8-12)27-10-26-16/h5-8,15H,2-4,9-10H2,1H3/t15-/m1/s1. The first-order valence-electron chi connectivity index (χ1n) is 9.82. The van der Waals surface area contributed by atoms with Gasteiger partial charge in [0.05, 0.1) is 11.8 Å². The van der Waals surface area contributed by atoms with Crippen LogP contribution in [0.2, 0.25) is 0 Å². The summed E-state index contributed by atoms with van der Waals surface area (Å²) in [6.45, 7) is 2.17. The summed E-state index contributed by atoms with van der Waals surface area (Å²) in [5.74, 6) is 1.50. The summed E-state index contributed by atoms with van der Waals surface area (Å²) < 4.78 is 22.3. The molecule has 3 aliphatic rings. The van der Waals surface area contributed by atoms with Crippen molar-refractivity contribution < 1.29 is 23.4 Å². The molecule has 6 heteroatoms. The molecule has 3 heterocycles. The smallest absolute Gasteiger partial charge is 0.339 e. The molecule has 0 N–H and O–H groups in total. The number of carbonyl (C=O) groups excluding carboxylic acids is 1. The van der Waals surface area contributed by atoms with E-state index in [1.807, 2.05) is 31.2 Å². The second kappa shape index (κ2) is 5.86. The zero-order chi connectivity index (χ0) is 19.7. The molecule has 1 atom stereocenters. The summed E-state index contributed by atoms with van der Waals surface area (Å²) >= 11 is 0. The van der Waals surface area contributed by atoms with Crippen molar-refractivity contribution in [1.82, 2.24) is 0 Å². The van der Waals surface area contributed by atoms with Gasteiger partial charge in [0.15, 0.2) is 11.5 Å². The van der Waals surface area contributed by atoms with Crippen molar-refractivity contribution in [1.29, 1.82) is 0 Å². The predicted molar refractivity (Wildman–Crippen MR) is 104 cm³/mol. The van der Waals surface area contributed by atoms with Gasteiger partial charge in [-0.1, -0.05) is 6.07 Å². The third-order valence-electron chi connectivity index (χ3n) is 6.19. The number of hydrogen-bond donors (Lipinski definition) is 0. The first-order chi connectivity index (χ1) is 14.1. The molecule has 2 aliphatic heterocycles. The zero-order valence-corrected chi connectivity index (χ0v) is 15.9. The SMILES string of the molecule is Cc1cc2oc(=O)c3c(c2c2c1[C@@H](c1ccc4c(c1)OCO4)CC(=O)O2)CCC3. The first kappa shape index (κ1) is 16.7. The molecule has 1 aromatic heterocycles. The summed E-state index contributed by atoms with van der Waals surface area (Å²) in [5.41, 5.74) is 4.77. The molecule has 0 bridgehead atoms. The number of rotatable bonds is 1. The van der Waals surface area contributed by atoms with E-state index in [2.05, 4.69) is 0 Å². The number of benzene rings is 2. The Morgan fingerprint density at radius 3 is 2.72 bits per heavy atom. The van der Waals surface area contributed by atoms with Gasteiger partial charge in [-0.15, -0.1) is 0 Å². The number of fused-ring (bicyclic) bond motifs is 6. The summed E-state index contributed by atoms with van der Waals surface area (Å²) in [4.78, 5) is 25.0. The molecule has 0 spiro atoms. The van der Waals surface area contributed by atoms with E-state index in [0.29, 0.717) is 34.8 Å². The van der Waals surface area contributed by atoms with Gasteiger partial charge in [0.25, 0.3) is 0 Å². The van der Waals surface area contributed by atoms with E-state index < -0.39 is 0 Å². The van der Waals surface area contributed by atoms with Crippen molar-refractivity contribution in [3.05, 3.63) is 62.5 Å². The molecule has 1 aliphatic carbocycles. The van der Waals surface area contributed by atoms with Crippen LogP contribution in [-0.4, -0.2) is 12.8 Å². The fraction of sp³-hybridized carbons (Fsp3) is 0.304. The molecule has 0 saturated heterocycles. The number of ether oxygens (including phenoxy) is 3. The van der Waals surface area contributed by atoms with Crippen LogP contribution in [0.25, 0.3) is 11.0 Å². The van der Waals surface area contributed by atoms with Gasteiger partial charge < -0.3 is 18.6 Å². The van der Waals surface area contributed by atoms with Crippen LogP contribution in [0, 0.1) is 6.92 Å². The molecule has 6 nitrogen and oxygen atoms in total. The zero-order valence-electron chi connectivity index (χ0n) is 15.9. The maximum absolute atomic E-state index is 12.6. The summed E-state index contributed by atoms with van der Waals surface area (Å²) in [6, 6.07) is 7.69. The number of carbonyl (C=O) groups is 1. The third kappa shape index (κ3) is 2.35. The highest BCUT2D eigenvalue weighted by Crippen LogP contribution is 2.48. The second-order valence-electron chi connectivity index (χ2n) is 7.85. The topological polar surface area (TPSA) is 75.0 Å². The Balaban J connectivity index is 1.63. The summed E-state index contributed by atoms with van der Waals surface area (Å²) in [7, 11) is 0. The monoisotopic (exact) mass is 390 g/mol. The fourth-order valence-corrected chi connectivity index (χ4v) is 4.92. The van der Waals surface area contributed by atoms with E-state index in [1.54, 1.807) is 0 Å².